The van der Waals surface area contributed by atoms with Crippen LogP contribution in [0.4, 0.5) is 0 Å². The second-order valence-corrected chi connectivity index (χ2v) is 7.40. The highest BCUT2D eigenvalue weighted by atomic mass is 35.5. The van der Waals surface area contributed by atoms with E-state index in [-0.39, 0.29) is 12.4 Å². The minimum absolute atomic E-state index is 0.274. The molecule has 1 N–H and O–H groups in total. The minimum atomic E-state index is -0.625. The third kappa shape index (κ3) is 4.59. The number of aromatic nitrogens is 3. The normalized spacial score (nSPS) is 11.3. The highest BCUT2D eigenvalue weighted by Crippen LogP contribution is 2.22. The van der Waals surface area contributed by atoms with Gasteiger partial charge in [-0.3, -0.25) is 4.79 Å². The molecule has 0 aliphatic carbocycles. The maximum absolute atomic E-state index is 12.4. The van der Waals surface area contributed by atoms with Gasteiger partial charge in [0, 0.05) is 34.3 Å². The fraction of sp³-hybridized carbons (Fsp3) is 0.125. The molecule has 0 bridgehead atoms. The summed E-state index contributed by atoms with van der Waals surface area (Å²) < 4.78 is 6.80. The van der Waals surface area contributed by atoms with Crippen molar-refractivity contribution in [2.75, 3.05) is 6.61 Å². The molecule has 0 aliphatic rings. The highest BCUT2D eigenvalue weighted by molar-refractivity contribution is 6.31. The molecule has 0 radical (unpaired) electrons. The Labute approximate surface area is 184 Å². The molecule has 4 rings (SSSR count). The first-order chi connectivity index (χ1) is 15.0. The Morgan fingerprint density at radius 1 is 1.13 bits per heavy atom. The molecule has 0 amide bonds. The van der Waals surface area contributed by atoms with E-state index in [1.165, 1.54) is 6.08 Å². The standard InChI is InChI=1S/C24H20ClN3O3/c1-16-18(24(25)28(27-16)14-17-7-3-2-4-8-17)11-12-23(30)31-15-22(29)20-13-26-21-10-6-5-9-19(20)21/h2-13,26H,14-15H2,1H3/b12-11+. The summed E-state index contributed by atoms with van der Waals surface area (Å²) in [4.78, 5) is 27.6. The van der Waals surface area contributed by atoms with Crippen molar-refractivity contribution < 1.29 is 14.3 Å². The van der Waals surface area contributed by atoms with Crippen LogP contribution >= 0.6 is 11.6 Å². The van der Waals surface area contributed by atoms with Gasteiger partial charge in [0.1, 0.15) is 5.15 Å². The number of aromatic amines is 1. The number of hydrogen-bond donors (Lipinski definition) is 1. The molecule has 2 aromatic carbocycles. The number of esters is 1. The molecule has 0 saturated heterocycles. The largest absolute Gasteiger partial charge is 0.454 e. The molecule has 31 heavy (non-hydrogen) atoms. The maximum atomic E-state index is 12.4. The zero-order chi connectivity index (χ0) is 21.8. The van der Waals surface area contributed by atoms with Crippen LogP contribution in [0, 0.1) is 6.92 Å². The number of para-hydroxylation sites is 1. The van der Waals surface area contributed by atoms with Gasteiger partial charge in [0.05, 0.1) is 12.2 Å². The number of rotatable bonds is 7. The van der Waals surface area contributed by atoms with Gasteiger partial charge in [-0.1, -0.05) is 60.1 Å². The van der Waals surface area contributed by atoms with Crippen LogP contribution < -0.4 is 0 Å². The summed E-state index contributed by atoms with van der Waals surface area (Å²) in [5.41, 5.74) is 3.75. The number of H-pyrrole nitrogens is 1. The van der Waals surface area contributed by atoms with Gasteiger partial charge >= 0.3 is 5.97 Å². The van der Waals surface area contributed by atoms with Crippen LogP contribution in [0.2, 0.25) is 5.15 Å². The number of ketones is 1. The lowest BCUT2D eigenvalue weighted by Gasteiger charge is -2.03. The Morgan fingerprint density at radius 3 is 2.68 bits per heavy atom. The lowest BCUT2D eigenvalue weighted by Crippen LogP contribution is -2.12. The molecule has 2 heterocycles. The van der Waals surface area contributed by atoms with Crippen molar-refractivity contribution in [1.82, 2.24) is 14.8 Å². The summed E-state index contributed by atoms with van der Waals surface area (Å²) in [7, 11) is 0. The van der Waals surface area contributed by atoms with Gasteiger partial charge in [-0.25, -0.2) is 9.48 Å². The average Bonchev–Trinajstić information content (AvgIpc) is 3.32. The van der Waals surface area contributed by atoms with E-state index < -0.39 is 5.97 Å². The number of nitrogens with zero attached hydrogens (tertiary/aromatic N) is 2. The van der Waals surface area contributed by atoms with E-state index in [2.05, 4.69) is 10.1 Å². The van der Waals surface area contributed by atoms with Gasteiger partial charge in [-0.2, -0.15) is 5.10 Å². The van der Waals surface area contributed by atoms with Gasteiger partial charge in [0.15, 0.2) is 6.61 Å². The number of aryl methyl sites for hydroxylation is 1. The van der Waals surface area contributed by atoms with Gasteiger partial charge in [-0.05, 0) is 24.6 Å². The van der Waals surface area contributed by atoms with Gasteiger partial charge in [0.25, 0.3) is 0 Å². The highest BCUT2D eigenvalue weighted by Gasteiger charge is 2.15. The third-order valence-electron chi connectivity index (χ3n) is 4.91. The Balaban J connectivity index is 1.39. The van der Waals surface area contributed by atoms with Crippen LogP contribution in [-0.2, 0) is 16.1 Å². The van der Waals surface area contributed by atoms with Crippen LogP contribution in [0.5, 0.6) is 0 Å². The Hall–Kier alpha value is -3.64. The number of carbonyl (C=O) groups is 2. The topological polar surface area (TPSA) is 77.0 Å². The summed E-state index contributed by atoms with van der Waals surface area (Å²) in [5, 5.41) is 5.67. The van der Waals surface area contributed by atoms with E-state index in [1.807, 2.05) is 61.5 Å². The molecular weight excluding hydrogens is 414 g/mol. The number of carbonyl (C=O) groups excluding carboxylic acids is 2. The first kappa shape index (κ1) is 20.6. The quantitative estimate of drug-likeness (QED) is 0.257. The summed E-state index contributed by atoms with van der Waals surface area (Å²) in [6.07, 6.45) is 4.44. The summed E-state index contributed by atoms with van der Waals surface area (Å²) in [6, 6.07) is 17.3. The smallest absolute Gasteiger partial charge is 0.331 e. The van der Waals surface area contributed by atoms with Crippen molar-refractivity contribution in [3.05, 3.63) is 94.4 Å². The van der Waals surface area contributed by atoms with Crippen LogP contribution in [0.25, 0.3) is 17.0 Å². The molecule has 6 nitrogen and oxygen atoms in total. The molecular formula is C24H20ClN3O3. The lowest BCUT2D eigenvalue weighted by atomic mass is 10.1. The van der Waals surface area contributed by atoms with Gasteiger partial charge in [0.2, 0.25) is 5.78 Å². The monoisotopic (exact) mass is 433 g/mol. The molecule has 2 aromatic heterocycles. The Kier molecular flexibility index (Phi) is 6.00. The average molecular weight is 434 g/mol. The molecule has 156 valence electrons. The van der Waals surface area contributed by atoms with Crippen LogP contribution in [0.1, 0.15) is 27.2 Å². The van der Waals surface area contributed by atoms with Crippen molar-refractivity contribution in [3.63, 3.8) is 0 Å². The van der Waals surface area contributed by atoms with E-state index in [0.29, 0.717) is 28.5 Å². The number of Topliss-reactive ketones (excluding diaryl/α,β-unsaturated/α-hetero) is 1. The molecule has 4 aromatic rings. The second kappa shape index (κ2) is 9.02. The van der Waals surface area contributed by atoms with Gasteiger partial charge in [-0.15, -0.1) is 0 Å². The molecule has 0 aliphatic heterocycles. The van der Waals surface area contributed by atoms with Crippen LogP contribution in [0.15, 0.2) is 66.9 Å². The second-order valence-electron chi connectivity index (χ2n) is 7.05. The van der Waals surface area contributed by atoms with E-state index in [0.717, 1.165) is 16.5 Å². The predicted octanol–water partition coefficient (Wildman–Crippen LogP) is 4.81. The minimum Gasteiger partial charge on any atom is -0.454 e. The van der Waals surface area contributed by atoms with Crippen molar-refractivity contribution in [2.24, 2.45) is 0 Å². The number of hydrogen-bond acceptors (Lipinski definition) is 4. The summed E-state index contributed by atoms with van der Waals surface area (Å²) >= 11 is 6.45. The molecule has 0 atom stereocenters. The van der Waals surface area contributed by atoms with Gasteiger partial charge < -0.3 is 9.72 Å². The predicted molar refractivity (Wildman–Crippen MR) is 120 cm³/mol. The van der Waals surface area contributed by atoms with Crippen LogP contribution in [-0.4, -0.2) is 33.1 Å². The number of nitrogens with one attached hydrogen (secondary N) is 1. The summed E-state index contributed by atoms with van der Waals surface area (Å²) in [6.45, 7) is 2.00. The van der Waals surface area contributed by atoms with Crippen molar-refractivity contribution in [2.45, 2.75) is 13.5 Å². The van der Waals surface area contributed by atoms with Crippen molar-refractivity contribution >= 4 is 40.3 Å². The maximum Gasteiger partial charge on any atom is 0.331 e. The fourth-order valence-corrected chi connectivity index (χ4v) is 3.63. The molecule has 0 fully saturated rings. The first-order valence-corrected chi connectivity index (χ1v) is 10.1. The molecule has 7 heteroatoms. The molecule has 0 spiro atoms. The number of benzene rings is 2. The zero-order valence-corrected chi connectivity index (χ0v) is 17.6. The molecule has 0 unspecified atom stereocenters. The number of halogens is 1. The van der Waals surface area contributed by atoms with E-state index in [1.54, 1.807) is 17.0 Å². The lowest BCUT2D eigenvalue weighted by molar-refractivity contribution is -0.136. The zero-order valence-electron chi connectivity index (χ0n) is 16.8. The van der Waals surface area contributed by atoms with E-state index in [4.69, 9.17) is 16.3 Å². The number of fused-ring (bicyclic) bond motifs is 1. The summed E-state index contributed by atoms with van der Waals surface area (Å²) in [5.74, 6) is -0.899. The van der Waals surface area contributed by atoms with E-state index >= 15 is 0 Å². The third-order valence-corrected chi connectivity index (χ3v) is 5.30. The molecule has 0 saturated carbocycles. The Morgan fingerprint density at radius 2 is 1.87 bits per heavy atom. The SMILES string of the molecule is Cc1nn(Cc2ccccc2)c(Cl)c1/C=C/C(=O)OCC(=O)c1c[nH]c2ccccc12. The number of ether oxygens (including phenoxy) is 1. The van der Waals surface area contributed by atoms with Crippen molar-refractivity contribution in [3.8, 4) is 0 Å². The van der Waals surface area contributed by atoms with Crippen molar-refractivity contribution in [1.29, 1.82) is 0 Å². The van der Waals surface area contributed by atoms with E-state index in [9.17, 15) is 9.59 Å². The first-order valence-electron chi connectivity index (χ1n) is 9.74. The Bertz CT molecular complexity index is 1270. The van der Waals surface area contributed by atoms with Crippen LogP contribution in [0.3, 0.4) is 0 Å². The fourth-order valence-electron chi connectivity index (χ4n) is 3.33.